The average Bonchev–Trinajstić information content (AvgIpc) is 2.72. The molecule has 0 spiro atoms. The third-order valence-corrected chi connectivity index (χ3v) is 2.83. The van der Waals surface area contributed by atoms with Crippen LogP contribution in [0, 0.1) is 13.8 Å². The number of nitrogens with one attached hydrogen (secondary N) is 1. The van der Waals surface area contributed by atoms with E-state index in [4.69, 9.17) is 15.3 Å². The van der Waals surface area contributed by atoms with Crippen LogP contribution in [0.25, 0.3) is 0 Å². The predicted octanol–water partition coefficient (Wildman–Crippen LogP) is 1.64. The van der Waals surface area contributed by atoms with Gasteiger partial charge in [0.25, 0.3) is 0 Å². The standard InChI is InChI=1S/C9H12N2O3.C6H8O/c1-6(12)11-9(8(13)14)4-2-3-7(10)5-9;1-5-3-4-6(2)7-5/h2-4H,5,10H2,1H3,(H,11,12)(H,13,14);3-4H,1-2H3. The van der Waals surface area contributed by atoms with Crippen LogP contribution in [0.15, 0.2) is 40.5 Å². The maximum Gasteiger partial charge on any atom is 0.333 e. The second kappa shape index (κ2) is 6.78. The zero-order chi connectivity index (χ0) is 16.0. The quantitative estimate of drug-likeness (QED) is 0.768. The molecule has 4 N–H and O–H groups in total. The molecule has 6 nitrogen and oxygen atoms in total. The Kier molecular flexibility index (Phi) is 5.35. The average molecular weight is 292 g/mol. The van der Waals surface area contributed by atoms with Gasteiger partial charge in [-0.15, -0.1) is 0 Å². The molecule has 1 aliphatic rings. The van der Waals surface area contributed by atoms with Gasteiger partial charge in [0.05, 0.1) is 0 Å². The third kappa shape index (κ3) is 4.83. The molecule has 1 aromatic rings. The van der Waals surface area contributed by atoms with E-state index in [1.165, 1.54) is 19.1 Å². The van der Waals surface area contributed by atoms with Crippen LogP contribution < -0.4 is 11.1 Å². The molecule has 0 saturated heterocycles. The van der Waals surface area contributed by atoms with Crippen molar-refractivity contribution in [3.05, 3.63) is 47.6 Å². The molecular weight excluding hydrogens is 272 g/mol. The number of rotatable bonds is 2. The van der Waals surface area contributed by atoms with Crippen molar-refractivity contribution >= 4 is 11.9 Å². The molecule has 0 aromatic carbocycles. The van der Waals surface area contributed by atoms with Gasteiger partial charge in [-0.3, -0.25) is 4.79 Å². The monoisotopic (exact) mass is 292 g/mol. The van der Waals surface area contributed by atoms with Gasteiger partial charge in [0.15, 0.2) is 5.54 Å². The highest BCUT2D eigenvalue weighted by atomic mass is 16.4. The maximum absolute atomic E-state index is 11.0. The second-order valence-electron chi connectivity index (χ2n) is 4.89. The smallest absolute Gasteiger partial charge is 0.333 e. The Labute approximate surface area is 123 Å². The van der Waals surface area contributed by atoms with Gasteiger partial charge >= 0.3 is 5.97 Å². The van der Waals surface area contributed by atoms with E-state index in [-0.39, 0.29) is 6.42 Å². The molecule has 1 amide bonds. The highest BCUT2D eigenvalue weighted by Gasteiger charge is 2.38. The summed E-state index contributed by atoms with van der Waals surface area (Å²) in [4.78, 5) is 21.9. The molecule has 1 heterocycles. The van der Waals surface area contributed by atoms with Crippen LogP contribution in [0.4, 0.5) is 0 Å². The van der Waals surface area contributed by atoms with Gasteiger partial charge < -0.3 is 20.6 Å². The van der Waals surface area contributed by atoms with Crippen molar-refractivity contribution in [1.82, 2.24) is 5.32 Å². The molecule has 114 valence electrons. The van der Waals surface area contributed by atoms with Crippen molar-refractivity contribution in [1.29, 1.82) is 0 Å². The molecule has 21 heavy (non-hydrogen) atoms. The third-order valence-electron chi connectivity index (χ3n) is 2.83. The van der Waals surface area contributed by atoms with Crippen molar-refractivity contribution in [3.63, 3.8) is 0 Å². The first-order chi connectivity index (χ1) is 9.75. The van der Waals surface area contributed by atoms with Crippen LogP contribution in [0.2, 0.25) is 0 Å². The van der Waals surface area contributed by atoms with E-state index in [2.05, 4.69) is 5.32 Å². The van der Waals surface area contributed by atoms with Crippen LogP contribution >= 0.6 is 0 Å². The molecule has 1 atom stereocenters. The molecule has 0 fully saturated rings. The zero-order valence-corrected chi connectivity index (χ0v) is 12.3. The topological polar surface area (TPSA) is 106 Å². The van der Waals surface area contributed by atoms with Crippen molar-refractivity contribution in [2.45, 2.75) is 32.7 Å². The Balaban J connectivity index is 0.000000262. The van der Waals surface area contributed by atoms with E-state index in [9.17, 15) is 9.59 Å². The van der Waals surface area contributed by atoms with Crippen molar-refractivity contribution in [2.24, 2.45) is 5.73 Å². The van der Waals surface area contributed by atoms with E-state index in [0.29, 0.717) is 5.70 Å². The molecule has 1 unspecified atom stereocenters. The summed E-state index contributed by atoms with van der Waals surface area (Å²) in [6.07, 6.45) is 4.66. The van der Waals surface area contributed by atoms with Crippen LogP contribution in [0.1, 0.15) is 24.9 Å². The zero-order valence-electron chi connectivity index (χ0n) is 12.3. The Morgan fingerprint density at radius 3 is 2.24 bits per heavy atom. The summed E-state index contributed by atoms with van der Waals surface area (Å²) < 4.78 is 5.08. The Bertz CT molecular complexity index is 566. The number of carbonyl (C=O) groups excluding carboxylic acids is 1. The molecule has 6 heteroatoms. The normalized spacial score (nSPS) is 20.0. The number of nitrogens with two attached hydrogens (primary N) is 1. The van der Waals surface area contributed by atoms with Crippen molar-refractivity contribution in [2.75, 3.05) is 0 Å². The Hall–Kier alpha value is -2.50. The first-order valence-corrected chi connectivity index (χ1v) is 6.44. The number of carboxylic acids is 1. The van der Waals surface area contributed by atoms with E-state index in [1.54, 1.807) is 6.08 Å². The van der Waals surface area contributed by atoms with Gasteiger partial charge in [-0.05, 0) is 38.1 Å². The summed E-state index contributed by atoms with van der Waals surface area (Å²) in [6, 6.07) is 3.91. The molecule has 1 aliphatic carbocycles. The van der Waals surface area contributed by atoms with E-state index in [1.807, 2.05) is 26.0 Å². The van der Waals surface area contributed by atoms with Crippen LogP contribution in [0.5, 0.6) is 0 Å². The minimum Gasteiger partial charge on any atom is -0.479 e. The van der Waals surface area contributed by atoms with Gasteiger partial charge in [-0.2, -0.15) is 0 Å². The summed E-state index contributed by atoms with van der Waals surface area (Å²) >= 11 is 0. The number of hydrogen-bond donors (Lipinski definition) is 3. The molecule has 0 saturated carbocycles. The van der Waals surface area contributed by atoms with Crippen molar-refractivity contribution < 1.29 is 19.1 Å². The fraction of sp³-hybridized carbons (Fsp3) is 0.333. The lowest BCUT2D eigenvalue weighted by Gasteiger charge is -2.28. The highest BCUT2D eigenvalue weighted by Crippen LogP contribution is 2.20. The molecule has 0 radical (unpaired) electrons. The molecule has 2 rings (SSSR count). The van der Waals surface area contributed by atoms with Gasteiger partial charge in [0.2, 0.25) is 5.91 Å². The number of amides is 1. The highest BCUT2D eigenvalue weighted by molar-refractivity contribution is 5.88. The second-order valence-corrected chi connectivity index (χ2v) is 4.89. The molecule has 1 aromatic heterocycles. The largest absolute Gasteiger partial charge is 0.479 e. The lowest BCUT2D eigenvalue weighted by Crippen LogP contribution is -2.53. The van der Waals surface area contributed by atoms with Gasteiger partial charge in [0, 0.05) is 19.0 Å². The predicted molar refractivity (Wildman–Crippen MR) is 78.4 cm³/mol. The van der Waals surface area contributed by atoms with Gasteiger partial charge in [-0.1, -0.05) is 6.08 Å². The van der Waals surface area contributed by atoms with Gasteiger partial charge in [-0.25, -0.2) is 4.79 Å². The number of carbonyl (C=O) groups is 2. The summed E-state index contributed by atoms with van der Waals surface area (Å²) in [6.45, 7) is 5.15. The number of furan rings is 1. The van der Waals surface area contributed by atoms with Crippen LogP contribution in [-0.2, 0) is 9.59 Å². The van der Waals surface area contributed by atoms with Gasteiger partial charge in [0.1, 0.15) is 11.5 Å². The summed E-state index contributed by atoms with van der Waals surface area (Å²) in [5.74, 6) is 0.460. The van der Waals surface area contributed by atoms with Crippen LogP contribution in [-0.4, -0.2) is 22.5 Å². The minimum atomic E-state index is -1.38. The minimum absolute atomic E-state index is 0.0956. The Morgan fingerprint density at radius 1 is 1.33 bits per heavy atom. The van der Waals surface area contributed by atoms with Crippen LogP contribution in [0.3, 0.4) is 0 Å². The Morgan fingerprint density at radius 2 is 1.90 bits per heavy atom. The molecule has 0 aliphatic heterocycles. The number of carboxylic acid groups (broad SMARTS) is 1. The lowest BCUT2D eigenvalue weighted by atomic mass is 9.89. The molecular formula is C15H20N2O4. The molecule has 0 bridgehead atoms. The van der Waals surface area contributed by atoms with E-state index < -0.39 is 17.4 Å². The van der Waals surface area contributed by atoms with Crippen molar-refractivity contribution in [3.8, 4) is 0 Å². The number of hydrogen-bond acceptors (Lipinski definition) is 4. The summed E-state index contributed by atoms with van der Waals surface area (Å²) in [5.41, 5.74) is 4.57. The lowest BCUT2D eigenvalue weighted by molar-refractivity contribution is -0.145. The van der Waals surface area contributed by atoms with E-state index >= 15 is 0 Å². The van der Waals surface area contributed by atoms with E-state index in [0.717, 1.165) is 11.5 Å². The first kappa shape index (κ1) is 16.6. The fourth-order valence-corrected chi connectivity index (χ4v) is 1.93. The SMILES string of the molecule is CC(=O)NC1(C(=O)O)C=CC=C(N)C1.Cc1ccc(C)o1. The summed E-state index contributed by atoms with van der Waals surface area (Å²) in [5, 5.41) is 11.4. The summed E-state index contributed by atoms with van der Waals surface area (Å²) in [7, 11) is 0. The maximum atomic E-state index is 11.0. The fourth-order valence-electron chi connectivity index (χ4n) is 1.93. The number of allylic oxidation sites excluding steroid dienone is 2. The number of aliphatic carboxylic acids is 1. The first-order valence-electron chi connectivity index (χ1n) is 6.44. The number of aryl methyl sites for hydroxylation is 2.